The molecule has 0 spiro atoms. The lowest BCUT2D eigenvalue weighted by atomic mass is 9.89. The van der Waals surface area contributed by atoms with Gasteiger partial charge in [-0.2, -0.15) is 5.10 Å². The summed E-state index contributed by atoms with van der Waals surface area (Å²) in [7, 11) is 0. The molecule has 1 N–H and O–H groups in total. The Hall–Kier alpha value is -0.540. The van der Waals surface area contributed by atoms with E-state index in [1.54, 1.807) is 6.20 Å². The van der Waals surface area contributed by atoms with Gasteiger partial charge in [0.1, 0.15) is 0 Å². The van der Waals surface area contributed by atoms with Crippen molar-refractivity contribution < 1.29 is 0 Å². The Morgan fingerprint density at radius 2 is 2.00 bits per heavy atom. The molecule has 1 aromatic heterocycles. The van der Waals surface area contributed by atoms with Crippen molar-refractivity contribution in [3.63, 3.8) is 0 Å². The van der Waals surface area contributed by atoms with Crippen LogP contribution in [0.3, 0.4) is 0 Å². The van der Waals surface area contributed by atoms with Gasteiger partial charge in [0.2, 0.25) is 0 Å². The van der Waals surface area contributed by atoms with Gasteiger partial charge in [0.05, 0.1) is 23.0 Å². The summed E-state index contributed by atoms with van der Waals surface area (Å²) < 4.78 is 2.07. The standard InChI is InChI=1S/C16H30ClN3/c1-6-9-10-13(7-2)15(18-8-3)16-14(17)11-19-20(16)12(4)5/h11-13,15,18H,6-10H2,1-5H3. The molecular weight excluding hydrogens is 270 g/mol. The number of rotatable bonds is 9. The molecule has 3 nitrogen and oxygen atoms in total. The van der Waals surface area contributed by atoms with Crippen molar-refractivity contribution in [2.24, 2.45) is 5.92 Å². The van der Waals surface area contributed by atoms with Crippen molar-refractivity contribution in [2.45, 2.75) is 72.4 Å². The molecule has 0 bridgehead atoms. The van der Waals surface area contributed by atoms with Crippen LogP contribution in [-0.4, -0.2) is 16.3 Å². The third-order valence-corrected chi connectivity index (χ3v) is 4.21. The number of nitrogens with zero attached hydrogens (tertiary/aromatic N) is 2. The van der Waals surface area contributed by atoms with Crippen molar-refractivity contribution in [3.8, 4) is 0 Å². The fraction of sp³-hybridized carbons (Fsp3) is 0.812. The van der Waals surface area contributed by atoms with Crippen LogP contribution in [0.15, 0.2) is 6.20 Å². The fourth-order valence-electron chi connectivity index (χ4n) is 2.83. The number of halogens is 1. The predicted octanol–water partition coefficient (Wildman–Crippen LogP) is 4.98. The van der Waals surface area contributed by atoms with Gasteiger partial charge in [0.15, 0.2) is 0 Å². The van der Waals surface area contributed by atoms with Crippen molar-refractivity contribution in [1.29, 1.82) is 0 Å². The lowest BCUT2D eigenvalue weighted by Crippen LogP contribution is -2.31. The van der Waals surface area contributed by atoms with Gasteiger partial charge in [-0.15, -0.1) is 0 Å². The topological polar surface area (TPSA) is 29.9 Å². The van der Waals surface area contributed by atoms with E-state index in [1.807, 2.05) is 0 Å². The maximum absolute atomic E-state index is 6.43. The zero-order valence-electron chi connectivity index (χ0n) is 13.6. The maximum atomic E-state index is 6.43. The third-order valence-electron chi connectivity index (χ3n) is 3.92. The van der Waals surface area contributed by atoms with Gasteiger partial charge in [-0.3, -0.25) is 4.68 Å². The van der Waals surface area contributed by atoms with E-state index < -0.39 is 0 Å². The first-order valence-electron chi connectivity index (χ1n) is 8.02. The quantitative estimate of drug-likeness (QED) is 0.696. The SMILES string of the molecule is CCCCC(CC)C(NCC)c1c(Cl)cnn1C(C)C. The fourth-order valence-corrected chi connectivity index (χ4v) is 3.08. The molecule has 0 fully saturated rings. The number of unbranched alkanes of at least 4 members (excludes halogenated alkanes) is 1. The van der Waals surface area contributed by atoms with Crippen molar-refractivity contribution in [3.05, 3.63) is 16.9 Å². The Morgan fingerprint density at radius 1 is 1.30 bits per heavy atom. The molecule has 0 aliphatic heterocycles. The molecule has 1 rings (SSSR count). The lowest BCUT2D eigenvalue weighted by Gasteiger charge is -2.29. The largest absolute Gasteiger partial charge is 0.309 e. The highest BCUT2D eigenvalue weighted by atomic mass is 35.5. The minimum atomic E-state index is 0.300. The van der Waals surface area contributed by atoms with Gasteiger partial charge in [-0.25, -0.2) is 0 Å². The van der Waals surface area contributed by atoms with Gasteiger partial charge in [0.25, 0.3) is 0 Å². The summed E-state index contributed by atoms with van der Waals surface area (Å²) in [5, 5.41) is 8.89. The van der Waals surface area contributed by atoms with Crippen molar-refractivity contribution in [2.75, 3.05) is 6.54 Å². The van der Waals surface area contributed by atoms with Gasteiger partial charge in [-0.1, -0.05) is 51.6 Å². The Kier molecular flexibility index (Phi) is 7.60. The van der Waals surface area contributed by atoms with Gasteiger partial charge in [-0.05, 0) is 32.7 Å². The summed E-state index contributed by atoms with van der Waals surface area (Å²) in [4.78, 5) is 0. The Labute approximate surface area is 129 Å². The highest BCUT2D eigenvalue weighted by Gasteiger charge is 2.27. The first kappa shape index (κ1) is 17.5. The summed E-state index contributed by atoms with van der Waals surface area (Å²) in [6.07, 6.45) is 6.70. The number of hydrogen-bond acceptors (Lipinski definition) is 2. The first-order chi connectivity index (χ1) is 9.56. The molecule has 4 heteroatoms. The second-order valence-corrected chi connectivity index (χ2v) is 6.17. The van der Waals surface area contributed by atoms with E-state index in [4.69, 9.17) is 11.6 Å². The Bertz CT molecular complexity index is 387. The molecule has 0 aromatic carbocycles. The number of aromatic nitrogens is 2. The molecule has 2 unspecified atom stereocenters. The summed E-state index contributed by atoms with van der Waals surface area (Å²) in [5.41, 5.74) is 1.16. The molecule has 0 saturated carbocycles. The van der Waals surface area contributed by atoms with Crippen LogP contribution in [0.1, 0.15) is 78.1 Å². The number of hydrogen-bond donors (Lipinski definition) is 1. The van der Waals surface area contributed by atoms with Crippen LogP contribution in [-0.2, 0) is 0 Å². The second-order valence-electron chi connectivity index (χ2n) is 5.76. The van der Waals surface area contributed by atoms with E-state index >= 15 is 0 Å². The molecule has 0 saturated heterocycles. The van der Waals surface area contributed by atoms with E-state index in [0.717, 1.165) is 23.7 Å². The maximum Gasteiger partial charge on any atom is 0.0834 e. The molecule has 0 amide bonds. The highest BCUT2D eigenvalue weighted by molar-refractivity contribution is 6.31. The molecule has 0 aliphatic rings. The normalized spacial score (nSPS) is 14.8. The van der Waals surface area contributed by atoms with E-state index in [0.29, 0.717) is 18.0 Å². The van der Waals surface area contributed by atoms with Crippen molar-refractivity contribution in [1.82, 2.24) is 15.1 Å². The second kappa shape index (κ2) is 8.68. The predicted molar refractivity (Wildman–Crippen MR) is 87.3 cm³/mol. The molecule has 0 aliphatic carbocycles. The monoisotopic (exact) mass is 299 g/mol. The zero-order valence-corrected chi connectivity index (χ0v) is 14.4. The van der Waals surface area contributed by atoms with E-state index in [2.05, 4.69) is 49.7 Å². The van der Waals surface area contributed by atoms with Crippen LogP contribution in [0, 0.1) is 5.92 Å². The summed E-state index contributed by atoms with van der Waals surface area (Å²) in [5.74, 6) is 0.613. The van der Waals surface area contributed by atoms with Crippen LogP contribution in [0.25, 0.3) is 0 Å². The Morgan fingerprint density at radius 3 is 2.50 bits per heavy atom. The molecular formula is C16H30ClN3. The summed E-state index contributed by atoms with van der Waals surface area (Å²) >= 11 is 6.43. The van der Waals surface area contributed by atoms with Crippen LogP contribution >= 0.6 is 11.6 Å². The minimum Gasteiger partial charge on any atom is -0.309 e. The molecule has 1 heterocycles. The molecule has 116 valence electrons. The molecule has 0 radical (unpaired) electrons. The van der Waals surface area contributed by atoms with Crippen LogP contribution in [0.5, 0.6) is 0 Å². The third kappa shape index (κ3) is 4.23. The molecule has 20 heavy (non-hydrogen) atoms. The van der Waals surface area contributed by atoms with Gasteiger partial charge >= 0.3 is 0 Å². The van der Waals surface area contributed by atoms with Crippen LogP contribution in [0.2, 0.25) is 5.02 Å². The Balaban J connectivity index is 3.08. The average molecular weight is 300 g/mol. The zero-order chi connectivity index (χ0) is 15.1. The minimum absolute atomic E-state index is 0.300. The van der Waals surface area contributed by atoms with Crippen LogP contribution in [0.4, 0.5) is 0 Å². The molecule has 2 atom stereocenters. The first-order valence-corrected chi connectivity index (χ1v) is 8.40. The van der Waals surface area contributed by atoms with E-state index in [9.17, 15) is 0 Å². The average Bonchev–Trinajstić information content (AvgIpc) is 2.80. The number of nitrogens with one attached hydrogen (secondary N) is 1. The van der Waals surface area contributed by atoms with Gasteiger partial charge < -0.3 is 5.32 Å². The lowest BCUT2D eigenvalue weighted by molar-refractivity contribution is 0.306. The van der Waals surface area contributed by atoms with Crippen molar-refractivity contribution >= 4 is 11.6 Å². The summed E-state index contributed by atoms with van der Waals surface area (Å²) in [6.45, 7) is 11.9. The van der Waals surface area contributed by atoms with Gasteiger partial charge in [0, 0.05) is 6.04 Å². The molecule has 1 aromatic rings. The van der Waals surface area contributed by atoms with E-state index in [1.165, 1.54) is 19.3 Å². The van der Waals surface area contributed by atoms with Crippen LogP contribution < -0.4 is 5.32 Å². The smallest absolute Gasteiger partial charge is 0.0834 e. The highest BCUT2D eigenvalue weighted by Crippen LogP contribution is 2.34. The summed E-state index contributed by atoms with van der Waals surface area (Å²) in [6, 6.07) is 0.635. The van der Waals surface area contributed by atoms with E-state index in [-0.39, 0.29) is 0 Å².